The summed E-state index contributed by atoms with van der Waals surface area (Å²) < 4.78 is 23.0. The van der Waals surface area contributed by atoms with Gasteiger partial charge in [0.1, 0.15) is 6.61 Å². The second-order valence-corrected chi connectivity index (χ2v) is 19.4. The van der Waals surface area contributed by atoms with Crippen molar-refractivity contribution < 1.29 is 28.9 Å². The predicted octanol–water partition coefficient (Wildman–Crippen LogP) is 8.70. The third-order valence-electron chi connectivity index (χ3n) is 8.86. The van der Waals surface area contributed by atoms with E-state index in [-0.39, 0.29) is 18.1 Å². The van der Waals surface area contributed by atoms with Crippen LogP contribution in [0, 0.1) is 0 Å². The van der Waals surface area contributed by atoms with E-state index >= 15 is 0 Å². The van der Waals surface area contributed by atoms with Crippen LogP contribution in [0.15, 0.2) is 171 Å². The average Bonchev–Trinajstić information content (AvgIpc) is 3.71. The van der Waals surface area contributed by atoms with Gasteiger partial charge in [0.05, 0.1) is 0 Å². The number of nitrogens with one attached hydrogen (secondary N) is 1. The molecule has 0 fully saturated rings. The molecule has 0 atom stereocenters. The van der Waals surface area contributed by atoms with Crippen molar-refractivity contribution in [2.75, 3.05) is 5.32 Å². The number of carbonyl (C=O) groups is 2. The molecule has 0 radical (unpaired) electrons. The monoisotopic (exact) mass is 801 g/mol. The molecule has 0 spiro atoms. The van der Waals surface area contributed by atoms with Crippen LogP contribution in [0.25, 0.3) is 11.1 Å². The molecule has 260 valence electrons. The molecule has 1 amide bonds. The minimum absolute atomic E-state index is 0.162. The molecule has 1 heterocycles. The van der Waals surface area contributed by atoms with Crippen LogP contribution in [-0.2, 0) is 24.6 Å². The third-order valence-corrected chi connectivity index (χ3v) is 16.1. The Balaban J connectivity index is 1.04. The van der Waals surface area contributed by atoms with Gasteiger partial charge in [-0.1, -0.05) is 30.3 Å². The number of carbonyl (C=O) groups excluding carboxylic acids is 1. The molecule has 0 bridgehead atoms. The molecule has 0 unspecified atom stereocenters. The first-order chi connectivity index (χ1) is 26.0. The first-order valence-electron chi connectivity index (χ1n) is 17.3. The number of amides is 1. The van der Waals surface area contributed by atoms with Gasteiger partial charge in [-0.15, -0.1) is 0 Å². The maximum absolute atomic E-state index is 13.4. The fraction of sp³-hybridized carbons (Fsp3) is 0.0667. The molecule has 0 aromatic heterocycles. The van der Waals surface area contributed by atoms with E-state index in [1.165, 1.54) is 0 Å². The summed E-state index contributed by atoms with van der Waals surface area (Å²) in [6.07, 6.45) is 1.81. The molecule has 7 nitrogen and oxygen atoms in total. The van der Waals surface area contributed by atoms with Crippen LogP contribution in [0.5, 0.6) is 17.2 Å². The van der Waals surface area contributed by atoms with E-state index < -0.39 is 27.4 Å². The number of aromatic carboxylic acids is 1. The second kappa shape index (κ2) is 17.0. The molecule has 0 saturated heterocycles. The van der Waals surface area contributed by atoms with Crippen LogP contribution in [0.4, 0.5) is 5.69 Å². The summed E-state index contributed by atoms with van der Waals surface area (Å²) >= 11 is -3.07. The van der Waals surface area contributed by atoms with Crippen molar-refractivity contribution >= 4 is 42.3 Å². The fourth-order valence-corrected chi connectivity index (χ4v) is 13.1. The Labute approximate surface area is 316 Å². The normalized spacial score (nSPS) is 11.8. The fourth-order valence-electron chi connectivity index (χ4n) is 6.02. The molecule has 1 aliphatic rings. The van der Waals surface area contributed by atoms with Crippen molar-refractivity contribution in [1.29, 1.82) is 0 Å². The van der Waals surface area contributed by atoms with E-state index in [0.29, 0.717) is 39.3 Å². The number of benzene rings is 6. The van der Waals surface area contributed by atoms with Crippen molar-refractivity contribution in [2.45, 2.75) is 19.8 Å². The van der Waals surface area contributed by atoms with E-state index in [2.05, 4.69) is 5.32 Å². The summed E-state index contributed by atoms with van der Waals surface area (Å²) in [4.78, 5) is 26.0. The van der Waals surface area contributed by atoms with Crippen molar-refractivity contribution in [3.05, 3.63) is 193 Å². The first-order valence-corrected chi connectivity index (χ1v) is 22.8. The number of carboxylic acids is 1. The quantitative estimate of drug-likeness (QED) is 0.115. The third kappa shape index (κ3) is 9.28. The van der Waals surface area contributed by atoms with Crippen LogP contribution in [-0.4, -0.2) is 38.4 Å². The Morgan fingerprint density at radius 2 is 1.08 bits per heavy atom. The van der Waals surface area contributed by atoms with Gasteiger partial charge in [-0.25, -0.2) is 0 Å². The molecular weight excluding hydrogens is 765 g/mol. The molecule has 8 heteroatoms. The first kappa shape index (κ1) is 35.4. The van der Waals surface area contributed by atoms with Gasteiger partial charge < -0.3 is 4.74 Å². The number of anilines is 1. The Bertz CT molecular complexity index is 2240. The summed E-state index contributed by atoms with van der Waals surface area (Å²) in [6, 6.07) is 48.5. The van der Waals surface area contributed by atoms with Gasteiger partial charge in [0.25, 0.3) is 0 Å². The minimum atomic E-state index is -3.07. The van der Waals surface area contributed by atoms with Gasteiger partial charge in [0, 0.05) is 0 Å². The molecule has 7 rings (SSSR count). The molecule has 2 N–H and O–H groups in total. The average molecular weight is 802 g/mol. The standard InChI is InChI=1S/C24H19NO2.C21H17O4.In/c1-3-18(2)24(26)25-22-13-9-20(10-14-22)21-11-15-23(16-12-21)27-17-19-7-5-4-6-8-19;22-21(23)18-11-12-19(24-14-16-7-3-1-4-8-16)20(13-18)25-15-17-9-5-2-6-10-17;/h1-16H,17H2,(H,25,26);1-10,12-13H,14-15H2,(H,22,23);. The molecule has 6 aromatic carbocycles. The van der Waals surface area contributed by atoms with Crippen molar-refractivity contribution in [2.24, 2.45) is 0 Å². The number of ether oxygens (including phenoxy) is 3. The molecular formula is C45H36InNO6. The zero-order chi connectivity index (χ0) is 36.4. The summed E-state index contributed by atoms with van der Waals surface area (Å²) in [7, 11) is 0. The van der Waals surface area contributed by atoms with E-state index in [9.17, 15) is 14.7 Å². The Hall–Kier alpha value is -5.99. The molecule has 0 aliphatic carbocycles. The Morgan fingerprint density at radius 3 is 1.60 bits per heavy atom. The van der Waals surface area contributed by atoms with Crippen molar-refractivity contribution in [3.63, 3.8) is 0 Å². The zero-order valence-corrected chi connectivity index (χ0v) is 32.1. The van der Waals surface area contributed by atoms with E-state index in [1.54, 1.807) is 12.1 Å². The molecule has 0 saturated carbocycles. The topological polar surface area (TPSA) is 94.1 Å². The Morgan fingerprint density at radius 1 is 0.585 bits per heavy atom. The summed E-state index contributed by atoms with van der Waals surface area (Å²) in [5.41, 5.74) is 6.43. The van der Waals surface area contributed by atoms with E-state index in [0.717, 1.165) is 33.6 Å². The van der Waals surface area contributed by atoms with Gasteiger partial charge in [0.2, 0.25) is 0 Å². The van der Waals surface area contributed by atoms with Gasteiger partial charge in [0.15, 0.2) is 0 Å². The van der Waals surface area contributed by atoms with Crippen molar-refractivity contribution in [1.82, 2.24) is 0 Å². The zero-order valence-electron chi connectivity index (χ0n) is 28.9. The van der Waals surface area contributed by atoms with E-state index in [4.69, 9.17) is 14.2 Å². The molecule has 53 heavy (non-hydrogen) atoms. The van der Waals surface area contributed by atoms with E-state index in [1.807, 2.05) is 153 Å². The van der Waals surface area contributed by atoms with Gasteiger partial charge >= 0.3 is 271 Å². The van der Waals surface area contributed by atoms with Crippen LogP contribution in [0.2, 0.25) is 0 Å². The summed E-state index contributed by atoms with van der Waals surface area (Å²) in [5.74, 6) is 0.327. The second-order valence-electron chi connectivity index (χ2n) is 12.6. The number of carboxylic acid groups (broad SMARTS) is 1. The summed E-state index contributed by atoms with van der Waals surface area (Å²) in [5, 5.41) is 13.3. The van der Waals surface area contributed by atoms with Crippen molar-refractivity contribution in [3.8, 4) is 28.4 Å². The van der Waals surface area contributed by atoms with Gasteiger partial charge in [-0.3, -0.25) is 0 Å². The number of rotatable bonds is 14. The Kier molecular flexibility index (Phi) is 11.4. The van der Waals surface area contributed by atoms with Crippen LogP contribution >= 0.6 is 0 Å². The van der Waals surface area contributed by atoms with Crippen LogP contribution in [0.1, 0.15) is 27.0 Å². The SMILES string of the molecule is O=C(Nc1ccc(-c2ccc(OCc3ccccc3)cc2)cc1)C1=[CH][In]([c]2cc(OCc3ccccc3)c(OCc3ccccc3)cc2C(=O)O)[CH]=C1. The maximum atomic E-state index is 13.4. The number of hydrogen-bond acceptors (Lipinski definition) is 5. The van der Waals surface area contributed by atoms with Gasteiger partial charge in [-0.2, -0.15) is 0 Å². The predicted molar refractivity (Wildman–Crippen MR) is 209 cm³/mol. The van der Waals surface area contributed by atoms with Crippen LogP contribution in [0.3, 0.4) is 0 Å². The van der Waals surface area contributed by atoms with Crippen LogP contribution < -0.4 is 22.8 Å². The summed E-state index contributed by atoms with van der Waals surface area (Å²) in [6.45, 7) is 1.06. The van der Waals surface area contributed by atoms with Gasteiger partial charge in [-0.05, 0) is 5.56 Å². The molecule has 1 aliphatic heterocycles. The number of hydrogen-bond donors (Lipinski definition) is 2. The molecule has 6 aromatic rings.